The van der Waals surface area contributed by atoms with Gasteiger partial charge in [-0.05, 0) is 80.4 Å². The Morgan fingerprint density at radius 2 is 1.74 bits per heavy atom. The molecule has 4 aliphatic rings. The summed E-state index contributed by atoms with van der Waals surface area (Å²) in [5, 5.41) is 3.58. The summed E-state index contributed by atoms with van der Waals surface area (Å²) in [5.74, 6) is 0.862. The summed E-state index contributed by atoms with van der Waals surface area (Å²) in [6.07, 6.45) is 9.99. The highest BCUT2D eigenvalue weighted by Crippen LogP contribution is 2.39. The summed E-state index contributed by atoms with van der Waals surface area (Å²) in [6, 6.07) is 6.14. The molecule has 0 radical (unpaired) electrons. The Kier molecular flexibility index (Phi) is 9.75. The summed E-state index contributed by atoms with van der Waals surface area (Å²) in [7, 11) is -3.20. The van der Waals surface area contributed by atoms with Crippen LogP contribution in [0.4, 0.5) is 4.39 Å². The van der Waals surface area contributed by atoms with E-state index in [4.69, 9.17) is 10.5 Å². The maximum absolute atomic E-state index is 13.7. The van der Waals surface area contributed by atoms with Crippen molar-refractivity contribution in [1.82, 2.24) is 9.62 Å². The fourth-order valence-electron chi connectivity index (χ4n) is 7.71. The second-order valence-electron chi connectivity index (χ2n) is 12.4. The van der Waals surface area contributed by atoms with E-state index in [0.717, 1.165) is 76.3 Å². The third-order valence-corrected chi connectivity index (χ3v) is 11.9. The van der Waals surface area contributed by atoms with Crippen LogP contribution in [0.2, 0.25) is 0 Å². The molecule has 7 nitrogen and oxygen atoms in total. The van der Waals surface area contributed by atoms with Crippen LogP contribution in [0.3, 0.4) is 0 Å². The van der Waals surface area contributed by atoms with Crippen LogP contribution >= 0.6 is 0 Å². The Morgan fingerprint density at radius 1 is 1.03 bits per heavy atom. The van der Waals surface area contributed by atoms with Gasteiger partial charge in [-0.3, -0.25) is 4.79 Å². The third-order valence-electron chi connectivity index (χ3n) is 9.95. The number of benzene rings is 1. The summed E-state index contributed by atoms with van der Waals surface area (Å²) in [6.45, 7) is 2.63. The second kappa shape index (κ2) is 13.1. The van der Waals surface area contributed by atoms with Crippen LogP contribution in [0.25, 0.3) is 0 Å². The standard InChI is InChI=1S/C30H46FN3O4S/c31-25-10-7-22(8-11-25)29(23-13-15-38-16-14-23)30(32)28(35)18-24-5-2-1-4-21(24)9-12-27-19-33-26-6-3-17-39(36,37)34(27)20-26/h7-8,10-11,21,23-24,26-27,29-30,33H,1-6,9,12-20,32H2/t21-,24-,26-,27+,29+,30-/m1/s1. The fraction of sp³-hybridized carbons (Fsp3) is 0.767. The average Bonchev–Trinajstić information content (AvgIpc) is 3.06. The maximum Gasteiger partial charge on any atom is 0.214 e. The van der Waals surface area contributed by atoms with E-state index in [-0.39, 0.29) is 47.2 Å². The molecule has 0 spiro atoms. The SMILES string of the molecule is N[C@H](C(=O)C[C@H]1CCCC[C@@H]1CC[C@H]1CN[C@@H]2CCCS(=O)(=O)N1C2)[C@@H](c1ccc(F)cc1)C1CCOCC1. The van der Waals surface area contributed by atoms with Crippen molar-refractivity contribution in [2.75, 3.05) is 32.1 Å². The molecule has 0 aromatic heterocycles. The predicted octanol–water partition coefficient (Wildman–Crippen LogP) is 3.98. The fourth-order valence-corrected chi connectivity index (χ4v) is 9.52. The van der Waals surface area contributed by atoms with Gasteiger partial charge in [0, 0.05) is 50.7 Å². The molecule has 3 saturated heterocycles. The van der Waals surface area contributed by atoms with Crippen molar-refractivity contribution in [1.29, 1.82) is 0 Å². The zero-order valence-electron chi connectivity index (χ0n) is 23.1. The Morgan fingerprint density at radius 3 is 2.49 bits per heavy atom. The summed E-state index contributed by atoms with van der Waals surface area (Å²) in [5.41, 5.74) is 7.69. The first-order chi connectivity index (χ1) is 18.8. The summed E-state index contributed by atoms with van der Waals surface area (Å²) < 4.78 is 46.8. The van der Waals surface area contributed by atoms with Gasteiger partial charge in [0.2, 0.25) is 10.0 Å². The van der Waals surface area contributed by atoms with Crippen LogP contribution in [0, 0.1) is 23.6 Å². The molecule has 3 aliphatic heterocycles. The lowest BCUT2D eigenvalue weighted by Crippen LogP contribution is -2.57. The van der Waals surface area contributed by atoms with Gasteiger partial charge in [0.15, 0.2) is 0 Å². The van der Waals surface area contributed by atoms with Crippen molar-refractivity contribution >= 4 is 15.8 Å². The number of ether oxygens (including phenoxy) is 1. The number of nitrogens with two attached hydrogens (primary N) is 1. The largest absolute Gasteiger partial charge is 0.381 e. The Balaban J connectivity index is 1.24. The number of ketones is 1. The minimum absolute atomic E-state index is 0.00117. The van der Waals surface area contributed by atoms with Gasteiger partial charge in [0.05, 0.1) is 11.8 Å². The second-order valence-corrected chi connectivity index (χ2v) is 14.4. The third kappa shape index (κ3) is 7.10. The van der Waals surface area contributed by atoms with E-state index in [9.17, 15) is 17.6 Å². The van der Waals surface area contributed by atoms with Crippen molar-refractivity contribution in [2.45, 2.75) is 94.7 Å². The number of hydrogen-bond acceptors (Lipinski definition) is 6. The van der Waals surface area contributed by atoms with Gasteiger partial charge in [-0.2, -0.15) is 4.31 Å². The smallest absolute Gasteiger partial charge is 0.214 e. The van der Waals surface area contributed by atoms with Gasteiger partial charge in [-0.1, -0.05) is 31.4 Å². The van der Waals surface area contributed by atoms with Crippen molar-refractivity contribution < 1.29 is 22.3 Å². The number of halogens is 1. The molecule has 7 atom stereocenters. The first kappa shape index (κ1) is 29.1. The normalized spacial score (nSPS) is 33.1. The molecule has 9 heteroatoms. The molecule has 3 heterocycles. The highest BCUT2D eigenvalue weighted by atomic mass is 32.2. The quantitative estimate of drug-likeness (QED) is 0.472. The number of piperazine rings is 1. The van der Waals surface area contributed by atoms with Crippen molar-refractivity contribution in [3.8, 4) is 0 Å². The zero-order chi connectivity index (χ0) is 27.4. The monoisotopic (exact) mass is 563 g/mol. The van der Waals surface area contributed by atoms with E-state index in [0.29, 0.717) is 32.1 Å². The minimum atomic E-state index is -3.20. The number of rotatable bonds is 9. The van der Waals surface area contributed by atoms with Crippen LogP contribution in [0.1, 0.15) is 82.1 Å². The molecule has 1 aliphatic carbocycles. The number of nitrogens with zero attached hydrogens (tertiary/aromatic N) is 1. The van der Waals surface area contributed by atoms with Gasteiger partial charge in [0.1, 0.15) is 11.6 Å². The van der Waals surface area contributed by atoms with E-state index >= 15 is 0 Å². The topological polar surface area (TPSA) is 102 Å². The number of hydrogen-bond donors (Lipinski definition) is 2. The Hall–Kier alpha value is -1.39. The zero-order valence-corrected chi connectivity index (χ0v) is 23.9. The summed E-state index contributed by atoms with van der Waals surface area (Å²) in [4.78, 5) is 13.7. The van der Waals surface area contributed by atoms with Gasteiger partial charge in [-0.25, -0.2) is 12.8 Å². The van der Waals surface area contributed by atoms with Crippen LogP contribution in [0.5, 0.6) is 0 Å². The molecule has 1 aromatic carbocycles. The van der Waals surface area contributed by atoms with Crippen LogP contribution in [0.15, 0.2) is 24.3 Å². The van der Waals surface area contributed by atoms with Crippen molar-refractivity contribution in [2.24, 2.45) is 23.5 Å². The van der Waals surface area contributed by atoms with Crippen molar-refractivity contribution in [3.63, 3.8) is 0 Å². The lowest BCUT2D eigenvalue weighted by molar-refractivity contribution is -0.123. The molecule has 4 fully saturated rings. The lowest BCUT2D eigenvalue weighted by atomic mass is 9.71. The van der Waals surface area contributed by atoms with Gasteiger partial charge in [-0.15, -0.1) is 0 Å². The van der Waals surface area contributed by atoms with E-state index in [2.05, 4.69) is 5.32 Å². The molecule has 1 unspecified atom stereocenters. The molecule has 1 aromatic rings. The maximum atomic E-state index is 13.7. The number of carbonyl (C=O) groups is 1. The number of nitrogens with one attached hydrogen (secondary N) is 1. The van der Waals surface area contributed by atoms with Gasteiger partial charge < -0.3 is 15.8 Å². The van der Waals surface area contributed by atoms with Gasteiger partial charge in [0.25, 0.3) is 0 Å². The van der Waals surface area contributed by atoms with Crippen LogP contribution in [-0.2, 0) is 19.6 Å². The number of Topliss-reactive ketones (excluding diaryl/α,β-unsaturated/α-hetero) is 1. The molecule has 5 rings (SSSR count). The lowest BCUT2D eigenvalue weighted by Gasteiger charge is -2.39. The Labute approximate surface area is 233 Å². The van der Waals surface area contributed by atoms with E-state index < -0.39 is 16.1 Å². The van der Waals surface area contributed by atoms with E-state index in [1.807, 2.05) is 0 Å². The van der Waals surface area contributed by atoms with Crippen molar-refractivity contribution in [3.05, 3.63) is 35.6 Å². The van der Waals surface area contributed by atoms with E-state index in [1.165, 1.54) is 12.1 Å². The number of carbonyl (C=O) groups excluding carboxylic acids is 1. The first-order valence-electron chi connectivity index (χ1n) is 15.2. The molecule has 0 amide bonds. The predicted molar refractivity (Wildman–Crippen MR) is 150 cm³/mol. The minimum Gasteiger partial charge on any atom is -0.381 e. The molecule has 1 saturated carbocycles. The number of fused-ring (bicyclic) bond motifs is 2. The average molecular weight is 564 g/mol. The highest BCUT2D eigenvalue weighted by Gasteiger charge is 2.40. The van der Waals surface area contributed by atoms with Crippen LogP contribution in [-0.4, -0.2) is 68.7 Å². The highest BCUT2D eigenvalue weighted by molar-refractivity contribution is 7.89. The number of sulfonamides is 1. The molecular formula is C30H46FN3O4S. The Bertz CT molecular complexity index is 1060. The summed E-state index contributed by atoms with van der Waals surface area (Å²) >= 11 is 0. The molecule has 3 N–H and O–H groups in total. The molecule has 218 valence electrons. The van der Waals surface area contributed by atoms with Crippen LogP contribution < -0.4 is 11.1 Å². The molecular weight excluding hydrogens is 517 g/mol. The molecule has 2 bridgehead atoms. The first-order valence-corrected chi connectivity index (χ1v) is 16.8. The van der Waals surface area contributed by atoms with E-state index in [1.54, 1.807) is 16.4 Å². The molecule has 39 heavy (non-hydrogen) atoms. The van der Waals surface area contributed by atoms with Gasteiger partial charge >= 0.3 is 0 Å².